The van der Waals surface area contributed by atoms with Gasteiger partial charge in [-0.25, -0.2) is 0 Å². The lowest BCUT2D eigenvalue weighted by atomic mass is 10.1. The number of oxime groups is 1. The number of nitrogen functional groups attached to an aromatic ring is 1. The number of rotatable bonds is 1. The van der Waals surface area contributed by atoms with E-state index in [1.54, 1.807) is 0 Å². The Hall–Kier alpha value is -1.72. The topological polar surface area (TPSA) is 58.6 Å². The molecule has 0 aliphatic carbocycles. The van der Waals surface area contributed by atoms with Gasteiger partial charge in [-0.2, -0.15) is 13.2 Å². The summed E-state index contributed by atoms with van der Waals surface area (Å²) in [6, 6.07) is 5.04. The first kappa shape index (κ1) is 10.4. The van der Waals surface area contributed by atoms with Crippen molar-refractivity contribution in [1.82, 2.24) is 0 Å². The van der Waals surface area contributed by atoms with Crippen LogP contribution in [-0.2, 0) is 0 Å². The van der Waals surface area contributed by atoms with E-state index in [-0.39, 0.29) is 11.3 Å². The average Bonchev–Trinajstić information content (AvgIpc) is 2.02. The smallest absolute Gasteiger partial charge is 0.410 e. The number of nitrogens with zero attached hydrogens (tertiary/aromatic N) is 1. The molecular formula is C8H7F3N2O. The molecule has 0 spiro atoms. The number of hydrogen-bond donors (Lipinski definition) is 2. The van der Waals surface area contributed by atoms with Gasteiger partial charge >= 0.3 is 6.18 Å². The van der Waals surface area contributed by atoms with E-state index in [9.17, 15) is 13.2 Å². The maximum atomic E-state index is 12.2. The molecule has 0 bridgehead atoms. The third kappa shape index (κ3) is 2.15. The van der Waals surface area contributed by atoms with Gasteiger partial charge in [0.1, 0.15) is 0 Å². The molecule has 1 aromatic rings. The summed E-state index contributed by atoms with van der Waals surface area (Å²) in [7, 11) is 0. The van der Waals surface area contributed by atoms with E-state index < -0.39 is 11.9 Å². The quantitative estimate of drug-likeness (QED) is 0.318. The second-order valence-corrected chi connectivity index (χ2v) is 2.57. The first-order valence-corrected chi connectivity index (χ1v) is 3.60. The van der Waals surface area contributed by atoms with Gasteiger partial charge in [0.25, 0.3) is 0 Å². The third-order valence-electron chi connectivity index (χ3n) is 1.53. The van der Waals surface area contributed by atoms with Crippen LogP contribution < -0.4 is 5.73 Å². The molecule has 1 rings (SSSR count). The maximum absolute atomic E-state index is 12.2. The molecule has 3 N–H and O–H groups in total. The molecule has 0 saturated heterocycles. The normalized spacial score (nSPS) is 12.9. The van der Waals surface area contributed by atoms with Crippen molar-refractivity contribution in [3.8, 4) is 0 Å². The van der Waals surface area contributed by atoms with Gasteiger partial charge in [0.2, 0.25) is 0 Å². The molecule has 3 nitrogen and oxygen atoms in total. The van der Waals surface area contributed by atoms with E-state index in [4.69, 9.17) is 10.9 Å². The first-order valence-electron chi connectivity index (χ1n) is 3.60. The predicted octanol–water partition coefficient (Wildman–Crippen LogP) is 2.01. The van der Waals surface area contributed by atoms with Gasteiger partial charge in [-0.3, -0.25) is 0 Å². The van der Waals surface area contributed by atoms with Crippen LogP contribution in [0, 0.1) is 0 Å². The summed E-state index contributed by atoms with van der Waals surface area (Å²) in [4.78, 5) is 0. The van der Waals surface area contributed by atoms with Crippen molar-refractivity contribution in [2.75, 3.05) is 5.73 Å². The van der Waals surface area contributed by atoms with Crippen molar-refractivity contribution in [2.24, 2.45) is 5.16 Å². The Bertz CT molecular complexity index is 360. The van der Waals surface area contributed by atoms with E-state index >= 15 is 0 Å². The monoisotopic (exact) mass is 204 g/mol. The summed E-state index contributed by atoms with van der Waals surface area (Å²) in [6.45, 7) is 0. The fraction of sp³-hybridized carbons (Fsp3) is 0.125. The van der Waals surface area contributed by atoms with Gasteiger partial charge in [0, 0.05) is 11.3 Å². The van der Waals surface area contributed by atoms with Crippen molar-refractivity contribution >= 4 is 11.4 Å². The van der Waals surface area contributed by atoms with Crippen molar-refractivity contribution < 1.29 is 18.4 Å². The zero-order chi connectivity index (χ0) is 10.8. The molecule has 0 amide bonds. The SMILES string of the molecule is Nc1cccc(/C(=N\O)C(F)(F)F)c1. The molecule has 14 heavy (non-hydrogen) atoms. The molecule has 1 aromatic carbocycles. The van der Waals surface area contributed by atoms with Gasteiger partial charge in [-0.05, 0) is 12.1 Å². The minimum Gasteiger partial charge on any atom is -0.410 e. The Balaban J connectivity index is 3.16. The Morgan fingerprint density at radius 2 is 2.00 bits per heavy atom. The number of alkyl halides is 3. The fourth-order valence-electron chi connectivity index (χ4n) is 0.964. The number of benzene rings is 1. The molecule has 0 heterocycles. The fourth-order valence-corrected chi connectivity index (χ4v) is 0.964. The van der Waals surface area contributed by atoms with Crippen LogP contribution in [-0.4, -0.2) is 17.1 Å². The van der Waals surface area contributed by atoms with E-state index in [0.717, 1.165) is 6.07 Å². The molecule has 0 radical (unpaired) electrons. The lowest BCUT2D eigenvalue weighted by Gasteiger charge is -2.08. The summed E-state index contributed by atoms with van der Waals surface area (Å²) in [6.07, 6.45) is -4.69. The minimum absolute atomic E-state index is 0.174. The van der Waals surface area contributed by atoms with Crippen molar-refractivity contribution in [3.05, 3.63) is 29.8 Å². The van der Waals surface area contributed by atoms with Crippen LogP contribution in [0.3, 0.4) is 0 Å². The Morgan fingerprint density at radius 1 is 1.36 bits per heavy atom. The summed E-state index contributed by atoms with van der Waals surface area (Å²) in [5, 5.41) is 10.4. The van der Waals surface area contributed by atoms with Gasteiger partial charge in [-0.1, -0.05) is 17.3 Å². The predicted molar refractivity (Wildman–Crippen MR) is 45.2 cm³/mol. The Labute approximate surface area is 77.6 Å². The van der Waals surface area contributed by atoms with E-state index in [0.29, 0.717) is 0 Å². The van der Waals surface area contributed by atoms with Crippen LogP contribution in [0.1, 0.15) is 5.56 Å². The Morgan fingerprint density at radius 3 is 2.43 bits per heavy atom. The standard InChI is InChI=1S/C8H7F3N2O/c9-8(10,11)7(13-14)5-2-1-3-6(12)4-5/h1-4,14H,12H2/b13-7+. The van der Waals surface area contributed by atoms with E-state index in [1.807, 2.05) is 0 Å². The zero-order valence-electron chi connectivity index (χ0n) is 6.92. The van der Waals surface area contributed by atoms with Crippen molar-refractivity contribution in [2.45, 2.75) is 6.18 Å². The van der Waals surface area contributed by atoms with Gasteiger partial charge in [-0.15, -0.1) is 0 Å². The molecule has 6 heteroatoms. The summed E-state index contributed by atoms with van der Waals surface area (Å²) < 4.78 is 36.6. The van der Waals surface area contributed by atoms with Gasteiger partial charge in [0.05, 0.1) is 0 Å². The zero-order valence-corrected chi connectivity index (χ0v) is 6.92. The molecular weight excluding hydrogens is 197 g/mol. The highest BCUT2D eigenvalue weighted by atomic mass is 19.4. The average molecular weight is 204 g/mol. The highest BCUT2D eigenvalue weighted by Gasteiger charge is 2.37. The lowest BCUT2D eigenvalue weighted by Crippen LogP contribution is -2.24. The van der Waals surface area contributed by atoms with Crippen molar-refractivity contribution in [1.29, 1.82) is 0 Å². The molecule has 0 aromatic heterocycles. The second-order valence-electron chi connectivity index (χ2n) is 2.57. The highest BCUT2D eigenvalue weighted by molar-refractivity contribution is 6.04. The van der Waals surface area contributed by atoms with E-state index in [1.165, 1.54) is 18.2 Å². The maximum Gasteiger partial charge on any atom is 0.437 e. The largest absolute Gasteiger partial charge is 0.437 e. The molecule has 0 aliphatic rings. The molecule has 0 atom stereocenters. The first-order chi connectivity index (χ1) is 6.45. The van der Waals surface area contributed by atoms with Crippen LogP contribution in [0.5, 0.6) is 0 Å². The second kappa shape index (κ2) is 3.57. The summed E-state index contributed by atoms with van der Waals surface area (Å²) in [5.74, 6) is 0. The molecule has 0 aliphatic heterocycles. The number of nitrogens with two attached hydrogens (primary N) is 1. The number of anilines is 1. The van der Waals surface area contributed by atoms with Gasteiger partial charge < -0.3 is 10.9 Å². The molecule has 0 unspecified atom stereocenters. The summed E-state index contributed by atoms with van der Waals surface area (Å²) in [5.41, 5.74) is 3.84. The lowest BCUT2D eigenvalue weighted by molar-refractivity contribution is -0.0601. The van der Waals surface area contributed by atoms with Crippen molar-refractivity contribution in [3.63, 3.8) is 0 Å². The number of halogens is 3. The highest BCUT2D eigenvalue weighted by Crippen LogP contribution is 2.23. The molecule has 0 saturated carbocycles. The van der Waals surface area contributed by atoms with Crippen LogP contribution in [0.25, 0.3) is 0 Å². The van der Waals surface area contributed by atoms with Crippen LogP contribution >= 0.6 is 0 Å². The van der Waals surface area contributed by atoms with Crippen LogP contribution in [0.4, 0.5) is 18.9 Å². The number of hydrogen-bond acceptors (Lipinski definition) is 3. The summed E-state index contributed by atoms with van der Waals surface area (Å²) >= 11 is 0. The van der Waals surface area contributed by atoms with Crippen LogP contribution in [0.2, 0.25) is 0 Å². The molecule has 0 fully saturated rings. The van der Waals surface area contributed by atoms with Crippen LogP contribution in [0.15, 0.2) is 29.4 Å². The minimum atomic E-state index is -4.69. The van der Waals surface area contributed by atoms with E-state index in [2.05, 4.69) is 5.16 Å². The Kier molecular flexibility index (Phi) is 2.64. The third-order valence-corrected chi connectivity index (χ3v) is 1.53. The molecule has 76 valence electrons. The van der Waals surface area contributed by atoms with Gasteiger partial charge in [0.15, 0.2) is 5.71 Å².